The second-order valence-electron chi connectivity index (χ2n) is 6.92. The van der Waals surface area contributed by atoms with E-state index in [-0.39, 0.29) is 5.92 Å². The highest BCUT2D eigenvalue weighted by molar-refractivity contribution is 9.09. The van der Waals surface area contributed by atoms with Gasteiger partial charge in [0.2, 0.25) is 0 Å². The summed E-state index contributed by atoms with van der Waals surface area (Å²) in [6.45, 7) is 0. The van der Waals surface area contributed by atoms with Crippen molar-refractivity contribution in [3.05, 3.63) is 35.1 Å². The zero-order chi connectivity index (χ0) is 15.7. The van der Waals surface area contributed by atoms with Crippen molar-refractivity contribution in [2.45, 2.75) is 62.1 Å². The lowest BCUT2D eigenvalue weighted by Crippen LogP contribution is -2.25. The lowest BCUT2D eigenvalue weighted by atomic mass is 9.70. The second kappa shape index (κ2) is 6.94. The van der Waals surface area contributed by atoms with Crippen molar-refractivity contribution in [1.29, 1.82) is 0 Å². The van der Waals surface area contributed by atoms with E-state index in [0.29, 0.717) is 10.4 Å². The predicted octanol–water partition coefficient (Wildman–Crippen LogP) is 6.33. The van der Waals surface area contributed by atoms with Crippen LogP contribution in [0.25, 0.3) is 0 Å². The van der Waals surface area contributed by atoms with E-state index in [2.05, 4.69) is 15.9 Å². The van der Waals surface area contributed by atoms with Gasteiger partial charge in [-0.25, -0.2) is 13.2 Å². The molecule has 0 heterocycles. The summed E-state index contributed by atoms with van der Waals surface area (Å²) in [5.74, 6) is -1.74. The first-order valence-electron chi connectivity index (χ1n) is 8.33. The highest BCUT2D eigenvalue weighted by Crippen LogP contribution is 2.44. The molecule has 1 aromatic rings. The standard InChI is InChI=1S/C18H22BrF3/c19-15-7-5-12(6-8-15)11-1-3-13(4-2-11)14-9-16(20)18(22)17(21)10-14/h9-13,15H,1-8H2/t11?,12-,13?,15-. The van der Waals surface area contributed by atoms with Crippen molar-refractivity contribution in [2.75, 3.05) is 0 Å². The van der Waals surface area contributed by atoms with Crippen molar-refractivity contribution in [1.82, 2.24) is 0 Å². The van der Waals surface area contributed by atoms with Crippen LogP contribution in [-0.2, 0) is 0 Å². The number of hydrogen-bond donors (Lipinski definition) is 0. The van der Waals surface area contributed by atoms with E-state index < -0.39 is 17.5 Å². The third-order valence-corrected chi connectivity index (χ3v) is 6.53. The Morgan fingerprint density at radius 1 is 0.727 bits per heavy atom. The molecular formula is C18H22BrF3. The smallest absolute Gasteiger partial charge is 0.194 e. The first-order valence-corrected chi connectivity index (χ1v) is 9.24. The SMILES string of the molecule is Fc1cc(C2CCC([C@H]3CC[C@H](Br)CC3)CC2)cc(F)c1F. The number of halogens is 4. The Morgan fingerprint density at radius 3 is 1.68 bits per heavy atom. The van der Waals surface area contributed by atoms with Gasteiger partial charge in [0.25, 0.3) is 0 Å². The minimum absolute atomic E-state index is 0.174. The third kappa shape index (κ3) is 3.52. The van der Waals surface area contributed by atoms with Gasteiger partial charge in [0, 0.05) is 4.83 Å². The average Bonchev–Trinajstić information content (AvgIpc) is 2.53. The summed E-state index contributed by atoms with van der Waals surface area (Å²) >= 11 is 3.70. The van der Waals surface area contributed by atoms with Gasteiger partial charge in [-0.2, -0.15) is 0 Å². The second-order valence-corrected chi connectivity index (χ2v) is 8.22. The molecule has 122 valence electrons. The first kappa shape index (κ1) is 16.4. The molecule has 0 saturated heterocycles. The molecule has 0 amide bonds. The van der Waals surface area contributed by atoms with Crippen LogP contribution < -0.4 is 0 Å². The van der Waals surface area contributed by atoms with Gasteiger partial charge in [-0.1, -0.05) is 15.9 Å². The molecule has 22 heavy (non-hydrogen) atoms. The molecule has 0 nitrogen and oxygen atoms in total. The summed E-state index contributed by atoms with van der Waals surface area (Å²) in [6, 6.07) is 2.36. The number of hydrogen-bond acceptors (Lipinski definition) is 0. The van der Waals surface area contributed by atoms with E-state index in [1.54, 1.807) is 0 Å². The van der Waals surface area contributed by atoms with Crippen LogP contribution in [0.5, 0.6) is 0 Å². The molecule has 0 spiro atoms. The first-order chi connectivity index (χ1) is 10.5. The van der Waals surface area contributed by atoms with E-state index >= 15 is 0 Å². The maximum atomic E-state index is 13.4. The van der Waals surface area contributed by atoms with Gasteiger partial charge in [0.1, 0.15) is 0 Å². The lowest BCUT2D eigenvalue weighted by molar-refractivity contribution is 0.188. The van der Waals surface area contributed by atoms with E-state index in [1.165, 1.54) is 37.8 Å². The summed E-state index contributed by atoms with van der Waals surface area (Å²) in [4.78, 5) is 0.685. The molecule has 0 radical (unpaired) electrons. The van der Waals surface area contributed by atoms with Gasteiger partial charge in [0.05, 0.1) is 0 Å². The van der Waals surface area contributed by atoms with Crippen molar-refractivity contribution < 1.29 is 13.2 Å². The van der Waals surface area contributed by atoms with Gasteiger partial charge in [-0.3, -0.25) is 0 Å². The van der Waals surface area contributed by atoms with Crippen LogP contribution in [0.2, 0.25) is 0 Å². The number of alkyl halides is 1. The summed E-state index contributed by atoms with van der Waals surface area (Å²) < 4.78 is 39.8. The minimum atomic E-state index is -1.36. The molecule has 0 N–H and O–H groups in total. The van der Waals surface area contributed by atoms with Gasteiger partial charge in [0.15, 0.2) is 17.5 Å². The Balaban J connectivity index is 1.60. The maximum Gasteiger partial charge on any atom is 0.194 e. The normalized spacial score (nSPS) is 32.9. The summed E-state index contributed by atoms with van der Waals surface area (Å²) in [5, 5.41) is 0. The van der Waals surface area contributed by atoms with E-state index in [4.69, 9.17) is 0 Å². The fourth-order valence-corrected chi connectivity index (χ4v) is 4.81. The summed E-state index contributed by atoms with van der Waals surface area (Å²) in [6.07, 6.45) is 9.30. The van der Waals surface area contributed by atoms with E-state index in [1.807, 2.05) is 0 Å². The monoisotopic (exact) mass is 374 g/mol. The molecule has 2 aliphatic rings. The van der Waals surface area contributed by atoms with Crippen molar-refractivity contribution in [3.63, 3.8) is 0 Å². The fraction of sp³-hybridized carbons (Fsp3) is 0.667. The number of rotatable bonds is 2. The van der Waals surface area contributed by atoms with Crippen molar-refractivity contribution in [2.24, 2.45) is 11.8 Å². The Hall–Kier alpha value is -0.510. The predicted molar refractivity (Wildman–Crippen MR) is 85.7 cm³/mol. The highest BCUT2D eigenvalue weighted by Gasteiger charge is 2.31. The number of benzene rings is 1. The van der Waals surface area contributed by atoms with Gasteiger partial charge in [-0.05, 0) is 86.8 Å². The minimum Gasteiger partial charge on any atom is -0.204 e. The topological polar surface area (TPSA) is 0 Å². The molecule has 2 saturated carbocycles. The Kier molecular flexibility index (Phi) is 5.16. The average molecular weight is 375 g/mol. The third-order valence-electron chi connectivity index (χ3n) is 5.62. The fourth-order valence-electron chi connectivity index (χ4n) is 4.28. The molecular weight excluding hydrogens is 353 g/mol. The summed E-state index contributed by atoms with van der Waals surface area (Å²) in [7, 11) is 0. The van der Waals surface area contributed by atoms with E-state index in [0.717, 1.165) is 37.5 Å². The molecule has 0 atom stereocenters. The van der Waals surface area contributed by atoms with Crippen LogP contribution in [0, 0.1) is 29.3 Å². The highest BCUT2D eigenvalue weighted by atomic mass is 79.9. The maximum absolute atomic E-state index is 13.4. The summed E-state index contributed by atoms with van der Waals surface area (Å²) in [5.41, 5.74) is 0.624. The van der Waals surface area contributed by atoms with Gasteiger partial charge < -0.3 is 0 Å². The lowest BCUT2D eigenvalue weighted by Gasteiger charge is -2.37. The van der Waals surface area contributed by atoms with Crippen LogP contribution in [0.4, 0.5) is 13.2 Å². The molecule has 2 aliphatic carbocycles. The van der Waals surface area contributed by atoms with Gasteiger partial charge in [-0.15, -0.1) is 0 Å². The van der Waals surface area contributed by atoms with Crippen LogP contribution in [0.15, 0.2) is 12.1 Å². The zero-order valence-electron chi connectivity index (χ0n) is 12.6. The van der Waals surface area contributed by atoms with Crippen LogP contribution in [0.1, 0.15) is 62.8 Å². The molecule has 3 rings (SSSR count). The Morgan fingerprint density at radius 2 is 1.18 bits per heavy atom. The zero-order valence-corrected chi connectivity index (χ0v) is 14.2. The molecule has 0 unspecified atom stereocenters. The van der Waals surface area contributed by atoms with Crippen LogP contribution in [0.3, 0.4) is 0 Å². The Labute approximate surface area is 138 Å². The molecule has 0 aliphatic heterocycles. The van der Waals surface area contributed by atoms with Crippen LogP contribution >= 0.6 is 15.9 Å². The molecule has 1 aromatic carbocycles. The van der Waals surface area contributed by atoms with Crippen LogP contribution in [-0.4, -0.2) is 4.83 Å². The Bertz CT molecular complexity index is 492. The molecule has 2 fully saturated rings. The molecule has 0 aromatic heterocycles. The van der Waals surface area contributed by atoms with Gasteiger partial charge >= 0.3 is 0 Å². The molecule has 4 heteroatoms. The molecule has 0 bridgehead atoms. The van der Waals surface area contributed by atoms with E-state index in [9.17, 15) is 13.2 Å². The quantitative estimate of drug-likeness (QED) is 0.418. The van der Waals surface area contributed by atoms with Crippen molar-refractivity contribution in [3.8, 4) is 0 Å². The largest absolute Gasteiger partial charge is 0.204 e. The van der Waals surface area contributed by atoms with Crippen molar-refractivity contribution >= 4 is 15.9 Å².